The molecule has 0 radical (unpaired) electrons. The van der Waals surface area contributed by atoms with Crippen LogP contribution in [0.4, 0.5) is 0 Å². The number of sulfonamides is 1. The van der Waals surface area contributed by atoms with Crippen molar-refractivity contribution in [1.82, 2.24) is 10.6 Å². The van der Waals surface area contributed by atoms with E-state index < -0.39 is 10.0 Å². The van der Waals surface area contributed by atoms with E-state index in [4.69, 9.17) is 5.14 Å². The standard InChI is InChI=1S/C15H25N3O2S/c1-12(11-14-3-2-9-18-14)17-10-8-13-4-6-15(7-5-13)21(16,19)20/h4-7,12,14,17-18H,2-3,8-11H2,1H3,(H2,16,19,20). The zero-order valence-corrected chi connectivity index (χ0v) is 13.3. The smallest absolute Gasteiger partial charge is 0.238 e. The third-order valence-corrected chi connectivity index (χ3v) is 4.89. The Hall–Kier alpha value is -0.950. The van der Waals surface area contributed by atoms with Crippen LogP contribution in [0.1, 0.15) is 31.7 Å². The molecular weight excluding hydrogens is 286 g/mol. The molecule has 1 aromatic carbocycles. The van der Waals surface area contributed by atoms with Gasteiger partial charge in [0.05, 0.1) is 4.90 Å². The normalized spacial score (nSPS) is 20.6. The largest absolute Gasteiger partial charge is 0.314 e. The highest BCUT2D eigenvalue weighted by Gasteiger charge is 2.16. The van der Waals surface area contributed by atoms with Crippen LogP contribution in [0.2, 0.25) is 0 Å². The molecule has 21 heavy (non-hydrogen) atoms. The van der Waals surface area contributed by atoms with Crippen molar-refractivity contribution in [3.05, 3.63) is 29.8 Å². The molecule has 1 aliphatic heterocycles. The summed E-state index contributed by atoms with van der Waals surface area (Å²) in [6.45, 7) is 4.25. The molecule has 1 saturated heterocycles. The topological polar surface area (TPSA) is 84.2 Å². The first-order valence-electron chi connectivity index (χ1n) is 7.53. The van der Waals surface area contributed by atoms with E-state index in [9.17, 15) is 8.42 Å². The second kappa shape index (κ2) is 7.35. The molecule has 1 fully saturated rings. The van der Waals surface area contributed by atoms with Crippen molar-refractivity contribution in [3.8, 4) is 0 Å². The van der Waals surface area contributed by atoms with E-state index in [1.165, 1.54) is 12.8 Å². The minimum Gasteiger partial charge on any atom is -0.314 e. The summed E-state index contributed by atoms with van der Waals surface area (Å²) < 4.78 is 22.3. The molecule has 0 amide bonds. The Kier molecular flexibility index (Phi) is 5.75. The van der Waals surface area contributed by atoms with E-state index in [1.54, 1.807) is 12.1 Å². The first-order chi connectivity index (χ1) is 9.95. The van der Waals surface area contributed by atoms with Gasteiger partial charge in [0.2, 0.25) is 10.0 Å². The highest BCUT2D eigenvalue weighted by atomic mass is 32.2. The summed E-state index contributed by atoms with van der Waals surface area (Å²) in [5.74, 6) is 0. The van der Waals surface area contributed by atoms with Gasteiger partial charge in [-0.1, -0.05) is 12.1 Å². The van der Waals surface area contributed by atoms with Crippen LogP contribution >= 0.6 is 0 Å². The van der Waals surface area contributed by atoms with Crippen molar-refractivity contribution in [2.45, 2.75) is 49.6 Å². The zero-order chi connectivity index (χ0) is 15.3. The zero-order valence-electron chi connectivity index (χ0n) is 12.5. The number of hydrogen-bond donors (Lipinski definition) is 3. The van der Waals surface area contributed by atoms with Crippen LogP contribution in [-0.2, 0) is 16.4 Å². The monoisotopic (exact) mass is 311 g/mol. The molecule has 2 atom stereocenters. The maximum atomic E-state index is 11.2. The maximum absolute atomic E-state index is 11.2. The van der Waals surface area contributed by atoms with Crippen molar-refractivity contribution in [2.75, 3.05) is 13.1 Å². The summed E-state index contributed by atoms with van der Waals surface area (Å²) in [5.41, 5.74) is 1.11. The second-order valence-corrected chi connectivity index (χ2v) is 7.38. The molecule has 0 saturated carbocycles. The van der Waals surface area contributed by atoms with E-state index in [0.717, 1.165) is 31.5 Å². The quantitative estimate of drug-likeness (QED) is 0.701. The van der Waals surface area contributed by atoms with Crippen molar-refractivity contribution in [1.29, 1.82) is 0 Å². The van der Waals surface area contributed by atoms with Crippen molar-refractivity contribution in [3.63, 3.8) is 0 Å². The van der Waals surface area contributed by atoms with Gasteiger partial charge in [-0.25, -0.2) is 13.6 Å². The second-order valence-electron chi connectivity index (χ2n) is 5.82. The molecule has 1 aromatic rings. The summed E-state index contributed by atoms with van der Waals surface area (Å²) >= 11 is 0. The minimum absolute atomic E-state index is 0.167. The van der Waals surface area contributed by atoms with Gasteiger partial charge in [0, 0.05) is 12.1 Å². The van der Waals surface area contributed by atoms with E-state index in [1.807, 2.05) is 12.1 Å². The van der Waals surface area contributed by atoms with Gasteiger partial charge in [-0.15, -0.1) is 0 Å². The molecule has 2 unspecified atom stereocenters. The van der Waals surface area contributed by atoms with Gasteiger partial charge in [0.1, 0.15) is 0 Å². The Bertz CT molecular complexity index is 537. The van der Waals surface area contributed by atoms with Crippen LogP contribution in [0.3, 0.4) is 0 Å². The number of primary sulfonamides is 1. The Morgan fingerprint density at radius 2 is 2.10 bits per heavy atom. The van der Waals surface area contributed by atoms with Gasteiger partial charge in [-0.05, 0) is 63.4 Å². The Balaban J connectivity index is 1.72. The number of rotatable bonds is 7. The molecule has 4 N–H and O–H groups in total. The number of nitrogens with two attached hydrogens (primary N) is 1. The fraction of sp³-hybridized carbons (Fsp3) is 0.600. The molecule has 0 aliphatic carbocycles. The summed E-state index contributed by atoms with van der Waals surface area (Å²) in [4.78, 5) is 0.167. The SMILES string of the molecule is CC(CC1CCCN1)NCCc1ccc(S(N)(=O)=O)cc1. The van der Waals surface area contributed by atoms with E-state index >= 15 is 0 Å². The Morgan fingerprint density at radius 1 is 1.38 bits per heavy atom. The minimum atomic E-state index is -3.59. The molecule has 5 nitrogen and oxygen atoms in total. The van der Waals surface area contributed by atoms with Gasteiger partial charge in [-0.3, -0.25) is 0 Å². The lowest BCUT2D eigenvalue weighted by molar-refractivity contribution is 0.443. The third kappa shape index (κ3) is 5.39. The van der Waals surface area contributed by atoms with Gasteiger partial charge in [0.25, 0.3) is 0 Å². The summed E-state index contributed by atoms with van der Waals surface area (Å²) in [6.07, 6.45) is 4.60. The summed E-state index contributed by atoms with van der Waals surface area (Å²) in [5, 5.41) is 12.1. The van der Waals surface area contributed by atoms with Crippen LogP contribution < -0.4 is 15.8 Å². The lowest BCUT2D eigenvalue weighted by atomic mass is 10.1. The average molecular weight is 311 g/mol. The first kappa shape index (κ1) is 16.4. The van der Waals surface area contributed by atoms with Crippen LogP contribution in [0.25, 0.3) is 0 Å². The van der Waals surface area contributed by atoms with Crippen molar-refractivity contribution in [2.24, 2.45) is 5.14 Å². The molecule has 0 aromatic heterocycles. The number of benzene rings is 1. The summed E-state index contributed by atoms with van der Waals surface area (Å²) in [6, 6.07) is 7.92. The molecule has 0 bridgehead atoms. The van der Waals surface area contributed by atoms with Gasteiger partial charge in [-0.2, -0.15) is 0 Å². The predicted octanol–water partition coefficient (Wildman–Crippen LogP) is 0.997. The van der Waals surface area contributed by atoms with Gasteiger partial charge >= 0.3 is 0 Å². The molecule has 118 valence electrons. The average Bonchev–Trinajstić information content (AvgIpc) is 2.91. The van der Waals surface area contributed by atoms with Gasteiger partial charge in [0.15, 0.2) is 0 Å². The van der Waals surface area contributed by atoms with E-state index in [-0.39, 0.29) is 4.90 Å². The summed E-state index contributed by atoms with van der Waals surface area (Å²) in [7, 11) is -3.59. The number of hydrogen-bond acceptors (Lipinski definition) is 4. The van der Waals surface area contributed by atoms with Crippen molar-refractivity contribution < 1.29 is 8.42 Å². The van der Waals surface area contributed by atoms with Gasteiger partial charge < -0.3 is 10.6 Å². The lowest BCUT2D eigenvalue weighted by Crippen LogP contribution is -2.34. The molecule has 1 aliphatic rings. The van der Waals surface area contributed by atoms with Crippen LogP contribution in [0.5, 0.6) is 0 Å². The molecule has 1 heterocycles. The fourth-order valence-electron chi connectivity index (χ4n) is 2.78. The predicted molar refractivity (Wildman–Crippen MR) is 84.6 cm³/mol. The first-order valence-corrected chi connectivity index (χ1v) is 9.08. The highest BCUT2D eigenvalue weighted by molar-refractivity contribution is 7.89. The van der Waals surface area contributed by atoms with Crippen LogP contribution in [-0.4, -0.2) is 33.6 Å². The molecule has 0 spiro atoms. The Labute approximate surface area is 127 Å². The number of nitrogens with one attached hydrogen (secondary N) is 2. The van der Waals surface area contributed by atoms with E-state index in [2.05, 4.69) is 17.6 Å². The third-order valence-electron chi connectivity index (χ3n) is 3.96. The highest BCUT2D eigenvalue weighted by Crippen LogP contribution is 2.11. The van der Waals surface area contributed by atoms with E-state index in [0.29, 0.717) is 12.1 Å². The molecule has 6 heteroatoms. The van der Waals surface area contributed by atoms with Crippen LogP contribution in [0, 0.1) is 0 Å². The molecular formula is C15H25N3O2S. The van der Waals surface area contributed by atoms with Crippen LogP contribution in [0.15, 0.2) is 29.2 Å². The maximum Gasteiger partial charge on any atom is 0.238 e. The molecule has 2 rings (SSSR count). The van der Waals surface area contributed by atoms with Crippen molar-refractivity contribution >= 4 is 10.0 Å². The Morgan fingerprint density at radius 3 is 2.67 bits per heavy atom. The lowest BCUT2D eigenvalue weighted by Gasteiger charge is -2.18. The fourth-order valence-corrected chi connectivity index (χ4v) is 3.29.